The number of pyridine rings is 1. The first-order valence-corrected chi connectivity index (χ1v) is 10.1. The molecule has 0 radical (unpaired) electrons. The number of benzene rings is 3. The predicted molar refractivity (Wildman–Crippen MR) is 120 cm³/mol. The van der Waals surface area contributed by atoms with Crippen molar-refractivity contribution in [1.29, 1.82) is 0 Å². The number of carbonyl (C=O) groups is 1. The van der Waals surface area contributed by atoms with Gasteiger partial charge >= 0.3 is 0 Å². The van der Waals surface area contributed by atoms with Gasteiger partial charge in [-0.3, -0.25) is 4.79 Å². The summed E-state index contributed by atoms with van der Waals surface area (Å²) in [5, 5.41) is 0.897. The number of hydrogen-bond acceptors (Lipinski definition) is 2. The first kappa shape index (κ1) is 18.9. The highest BCUT2D eigenvalue weighted by molar-refractivity contribution is 6.07. The Morgan fingerprint density at radius 2 is 1.34 bits per heavy atom. The average Bonchev–Trinajstić information content (AvgIpc) is 2.79. The molecule has 0 atom stereocenters. The topological polar surface area (TPSA) is 33.2 Å². The van der Waals surface area contributed by atoms with Crippen LogP contribution < -0.4 is 0 Å². The van der Waals surface area contributed by atoms with E-state index in [0.29, 0.717) is 18.7 Å². The smallest absolute Gasteiger partial charge is 0.254 e. The molecule has 0 saturated carbocycles. The third kappa shape index (κ3) is 3.77. The molecule has 3 aromatic carbocycles. The van der Waals surface area contributed by atoms with Gasteiger partial charge in [-0.2, -0.15) is 0 Å². The van der Waals surface area contributed by atoms with E-state index in [9.17, 15) is 4.79 Å². The van der Waals surface area contributed by atoms with Crippen molar-refractivity contribution in [3.63, 3.8) is 0 Å². The van der Waals surface area contributed by atoms with E-state index < -0.39 is 0 Å². The van der Waals surface area contributed by atoms with Crippen LogP contribution >= 0.6 is 0 Å². The van der Waals surface area contributed by atoms with Crippen LogP contribution in [0.3, 0.4) is 0 Å². The van der Waals surface area contributed by atoms with E-state index in [1.165, 1.54) is 5.56 Å². The quantitative estimate of drug-likeness (QED) is 0.422. The second-order valence-electron chi connectivity index (χ2n) is 6.99. The van der Waals surface area contributed by atoms with E-state index >= 15 is 0 Å². The fraction of sp³-hybridized carbons (Fsp3) is 0.154. The summed E-state index contributed by atoms with van der Waals surface area (Å²) >= 11 is 0. The van der Waals surface area contributed by atoms with Crippen LogP contribution in [0.4, 0.5) is 0 Å². The molecule has 3 heteroatoms. The van der Waals surface area contributed by atoms with Crippen molar-refractivity contribution in [2.75, 3.05) is 13.1 Å². The van der Waals surface area contributed by atoms with Gasteiger partial charge in [0, 0.05) is 24.0 Å². The van der Waals surface area contributed by atoms with Crippen LogP contribution in [-0.4, -0.2) is 28.9 Å². The van der Waals surface area contributed by atoms with Crippen LogP contribution in [0.15, 0.2) is 84.9 Å². The maximum absolute atomic E-state index is 13.1. The van der Waals surface area contributed by atoms with Crippen LogP contribution in [0, 0.1) is 0 Å². The van der Waals surface area contributed by atoms with Gasteiger partial charge in [0.1, 0.15) is 0 Å². The van der Waals surface area contributed by atoms with Gasteiger partial charge in [0.25, 0.3) is 5.91 Å². The number of rotatable bonds is 5. The molecule has 3 nitrogen and oxygen atoms in total. The molecule has 29 heavy (non-hydrogen) atoms. The van der Waals surface area contributed by atoms with Crippen molar-refractivity contribution in [1.82, 2.24) is 9.88 Å². The van der Waals surface area contributed by atoms with Crippen molar-refractivity contribution < 1.29 is 4.79 Å². The van der Waals surface area contributed by atoms with Gasteiger partial charge in [-0.05, 0) is 37.1 Å². The third-order valence-electron chi connectivity index (χ3n) is 5.29. The van der Waals surface area contributed by atoms with Gasteiger partial charge in [-0.25, -0.2) is 4.98 Å². The Bertz CT molecular complexity index is 1130. The van der Waals surface area contributed by atoms with Crippen LogP contribution in [0.25, 0.3) is 33.3 Å². The summed E-state index contributed by atoms with van der Waals surface area (Å²) in [6.07, 6.45) is 0. The Kier molecular flexibility index (Phi) is 5.39. The lowest BCUT2D eigenvalue weighted by Gasteiger charge is -2.20. The zero-order valence-electron chi connectivity index (χ0n) is 16.8. The maximum Gasteiger partial charge on any atom is 0.254 e. The second kappa shape index (κ2) is 8.27. The maximum atomic E-state index is 13.1. The Morgan fingerprint density at radius 1 is 0.759 bits per heavy atom. The minimum Gasteiger partial charge on any atom is -0.339 e. The first-order valence-electron chi connectivity index (χ1n) is 10.1. The highest BCUT2D eigenvalue weighted by Crippen LogP contribution is 2.28. The SMILES string of the molecule is CCN(CC)C(=O)c1cc(-c2ccc(-c3ccccc3)cc2)nc2ccccc12. The van der Waals surface area contributed by atoms with E-state index in [1.54, 1.807) is 0 Å². The van der Waals surface area contributed by atoms with Crippen molar-refractivity contribution in [3.05, 3.63) is 90.5 Å². The standard InChI is InChI=1S/C26H24N2O/c1-3-28(4-2)26(29)23-18-25(27-24-13-9-8-12-22(23)24)21-16-14-20(15-17-21)19-10-6-5-7-11-19/h5-18H,3-4H2,1-2H3. The Morgan fingerprint density at radius 3 is 2.03 bits per heavy atom. The second-order valence-corrected chi connectivity index (χ2v) is 6.99. The molecule has 4 aromatic rings. The molecule has 0 bridgehead atoms. The van der Waals surface area contributed by atoms with Crippen LogP contribution in [0.1, 0.15) is 24.2 Å². The summed E-state index contributed by atoms with van der Waals surface area (Å²) in [4.78, 5) is 19.8. The summed E-state index contributed by atoms with van der Waals surface area (Å²) in [7, 11) is 0. The molecule has 0 saturated heterocycles. The fourth-order valence-electron chi connectivity index (χ4n) is 3.65. The summed E-state index contributed by atoms with van der Waals surface area (Å²) in [6, 6.07) is 28.5. The molecule has 144 valence electrons. The minimum atomic E-state index is 0.0516. The molecule has 0 aliphatic rings. The molecule has 0 aliphatic carbocycles. The number of fused-ring (bicyclic) bond motifs is 1. The molecule has 4 rings (SSSR count). The molecule has 1 amide bonds. The summed E-state index contributed by atoms with van der Waals surface area (Å²) in [5.41, 5.74) is 5.72. The molecule has 0 spiro atoms. The van der Waals surface area contributed by atoms with Crippen LogP contribution in [0.2, 0.25) is 0 Å². The van der Waals surface area contributed by atoms with Gasteiger partial charge in [0.2, 0.25) is 0 Å². The van der Waals surface area contributed by atoms with Crippen molar-refractivity contribution >= 4 is 16.8 Å². The first-order chi connectivity index (χ1) is 14.2. The van der Waals surface area contributed by atoms with Crippen molar-refractivity contribution in [2.45, 2.75) is 13.8 Å². The van der Waals surface area contributed by atoms with Crippen molar-refractivity contribution in [2.24, 2.45) is 0 Å². The van der Waals surface area contributed by atoms with E-state index in [2.05, 4.69) is 36.4 Å². The van der Waals surface area contributed by atoms with E-state index in [4.69, 9.17) is 4.98 Å². The highest BCUT2D eigenvalue weighted by atomic mass is 16.2. The normalized spacial score (nSPS) is 10.8. The Hall–Kier alpha value is -3.46. The number of aromatic nitrogens is 1. The van der Waals surface area contributed by atoms with E-state index in [1.807, 2.05) is 67.3 Å². The zero-order valence-corrected chi connectivity index (χ0v) is 16.8. The predicted octanol–water partition coefficient (Wildman–Crippen LogP) is 6.05. The molecule has 0 unspecified atom stereocenters. The molecular formula is C26H24N2O. The number of amides is 1. The molecule has 0 aliphatic heterocycles. The molecule has 0 N–H and O–H groups in total. The Balaban J connectivity index is 1.79. The lowest BCUT2D eigenvalue weighted by atomic mass is 10.00. The third-order valence-corrected chi connectivity index (χ3v) is 5.29. The van der Waals surface area contributed by atoms with E-state index in [-0.39, 0.29) is 5.91 Å². The largest absolute Gasteiger partial charge is 0.339 e. The van der Waals surface area contributed by atoms with E-state index in [0.717, 1.165) is 27.7 Å². The average molecular weight is 380 g/mol. The molecule has 1 heterocycles. The number of para-hydroxylation sites is 1. The van der Waals surface area contributed by atoms with Gasteiger partial charge in [0.05, 0.1) is 16.8 Å². The number of carbonyl (C=O) groups excluding carboxylic acids is 1. The monoisotopic (exact) mass is 380 g/mol. The minimum absolute atomic E-state index is 0.0516. The lowest BCUT2D eigenvalue weighted by molar-refractivity contribution is 0.0775. The van der Waals surface area contributed by atoms with Gasteiger partial charge < -0.3 is 4.90 Å². The summed E-state index contributed by atoms with van der Waals surface area (Å²) in [5.74, 6) is 0.0516. The molecule has 0 fully saturated rings. The highest BCUT2D eigenvalue weighted by Gasteiger charge is 2.18. The Labute approximate surface area is 171 Å². The molecular weight excluding hydrogens is 356 g/mol. The van der Waals surface area contributed by atoms with Crippen molar-refractivity contribution in [3.8, 4) is 22.4 Å². The fourth-order valence-corrected chi connectivity index (χ4v) is 3.65. The van der Waals surface area contributed by atoms with Crippen LogP contribution in [-0.2, 0) is 0 Å². The number of nitrogens with zero attached hydrogens (tertiary/aromatic N) is 2. The number of hydrogen-bond donors (Lipinski definition) is 0. The molecule has 1 aromatic heterocycles. The van der Waals surface area contributed by atoms with Gasteiger partial charge in [-0.1, -0.05) is 72.8 Å². The summed E-state index contributed by atoms with van der Waals surface area (Å²) < 4.78 is 0. The van der Waals surface area contributed by atoms with Gasteiger partial charge in [0.15, 0.2) is 0 Å². The zero-order chi connectivity index (χ0) is 20.2. The lowest BCUT2D eigenvalue weighted by Crippen LogP contribution is -2.30. The van der Waals surface area contributed by atoms with Crippen LogP contribution in [0.5, 0.6) is 0 Å². The summed E-state index contributed by atoms with van der Waals surface area (Å²) in [6.45, 7) is 5.39. The van der Waals surface area contributed by atoms with Gasteiger partial charge in [-0.15, -0.1) is 0 Å².